The van der Waals surface area contributed by atoms with Crippen LogP contribution in [0.1, 0.15) is 19.4 Å². The normalized spacial score (nSPS) is 8.73. The van der Waals surface area contributed by atoms with Crippen molar-refractivity contribution < 1.29 is 9.53 Å². The fourth-order valence-corrected chi connectivity index (χ4v) is 0.680. The Morgan fingerprint density at radius 3 is 2.33 bits per heavy atom. The third-order valence-electron chi connectivity index (χ3n) is 1.35. The lowest BCUT2D eigenvalue weighted by Crippen LogP contribution is -2.22. The van der Waals surface area contributed by atoms with Crippen molar-refractivity contribution in [3.8, 4) is 0 Å². The molecule has 2 N–H and O–H groups in total. The van der Waals surface area contributed by atoms with Crippen LogP contribution >= 0.6 is 0 Å². The van der Waals surface area contributed by atoms with Gasteiger partial charge in [0, 0.05) is 18.7 Å². The molecule has 6 heteroatoms. The zero-order valence-electron chi connectivity index (χ0n) is 8.92. The highest BCUT2D eigenvalue weighted by atomic mass is 16.5. The summed E-state index contributed by atoms with van der Waals surface area (Å²) in [6, 6.07) is 0. The molecule has 84 valence electrons. The standard InChI is InChI=1S/C5H6N2O2.C4H8O2/c1-3-2-6-5(9)7-4(3)8;1-3-6-4(2)5/h2H,1H3,(H2,6,7,8,9);3H2,1-2H3. The number of esters is 1. The highest BCUT2D eigenvalue weighted by molar-refractivity contribution is 5.65. The Kier molecular flexibility index (Phi) is 5.77. The summed E-state index contributed by atoms with van der Waals surface area (Å²) >= 11 is 0. The van der Waals surface area contributed by atoms with Gasteiger partial charge in [0.1, 0.15) is 0 Å². The van der Waals surface area contributed by atoms with Gasteiger partial charge in [-0.1, -0.05) is 0 Å². The van der Waals surface area contributed by atoms with Gasteiger partial charge in [-0.25, -0.2) is 4.79 Å². The first kappa shape index (κ1) is 13.2. The van der Waals surface area contributed by atoms with E-state index in [2.05, 4.69) is 14.7 Å². The van der Waals surface area contributed by atoms with Crippen molar-refractivity contribution in [1.82, 2.24) is 9.97 Å². The van der Waals surface area contributed by atoms with Gasteiger partial charge in [0.2, 0.25) is 0 Å². The van der Waals surface area contributed by atoms with E-state index in [4.69, 9.17) is 0 Å². The summed E-state index contributed by atoms with van der Waals surface area (Å²) < 4.78 is 4.40. The average Bonchev–Trinajstić information content (AvgIpc) is 2.13. The molecule has 1 heterocycles. The summed E-state index contributed by atoms with van der Waals surface area (Å²) in [4.78, 5) is 35.1. The van der Waals surface area contributed by atoms with E-state index in [0.29, 0.717) is 12.2 Å². The van der Waals surface area contributed by atoms with Gasteiger partial charge in [0.05, 0.1) is 6.61 Å². The topological polar surface area (TPSA) is 92.0 Å². The predicted molar refractivity (Wildman–Crippen MR) is 54.7 cm³/mol. The van der Waals surface area contributed by atoms with E-state index in [1.54, 1.807) is 13.8 Å². The number of carbonyl (C=O) groups is 1. The molecule has 0 aliphatic heterocycles. The van der Waals surface area contributed by atoms with Crippen molar-refractivity contribution in [2.45, 2.75) is 20.8 Å². The van der Waals surface area contributed by atoms with Crippen molar-refractivity contribution in [2.75, 3.05) is 6.61 Å². The molecule has 1 aromatic rings. The molecule has 0 aromatic carbocycles. The largest absolute Gasteiger partial charge is 0.466 e. The monoisotopic (exact) mass is 214 g/mol. The van der Waals surface area contributed by atoms with E-state index in [-0.39, 0.29) is 11.5 Å². The molecule has 6 nitrogen and oxygen atoms in total. The molecule has 15 heavy (non-hydrogen) atoms. The number of hydrogen-bond acceptors (Lipinski definition) is 4. The van der Waals surface area contributed by atoms with Crippen LogP contribution in [-0.4, -0.2) is 22.5 Å². The molecule has 0 bridgehead atoms. The molecular formula is C9H14N2O4. The number of aryl methyl sites for hydroxylation is 1. The van der Waals surface area contributed by atoms with Gasteiger partial charge in [0.15, 0.2) is 0 Å². The third kappa shape index (κ3) is 6.25. The minimum atomic E-state index is -0.467. The summed E-state index contributed by atoms with van der Waals surface area (Å²) in [6.45, 7) is 5.27. The Bertz CT molecular complexity index is 419. The Morgan fingerprint density at radius 2 is 2.07 bits per heavy atom. The Balaban J connectivity index is 0.000000288. The lowest BCUT2D eigenvalue weighted by atomic mass is 10.4. The molecule has 0 amide bonds. The van der Waals surface area contributed by atoms with E-state index in [0.717, 1.165) is 0 Å². The molecule has 0 radical (unpaired) electrons. The fourth-order valence-electron chi connectivity index (χ4n) is 0.680. The van der Waals surface area contributed by atoms with Crippen LogP contribution in [0, 0.1) is 6.92 Å². The van der Waals surface area contributed by atoms with Gasteiger partial charge in [-0.3, -0.25) is 14.6 Å². The summed E-state index contributed by atoms with van der Waals surface area (Å²) in [5.74, 6) is -0.211. The number of ether oxygens (including phenoxy) is 1. The third-order valence-corrected chi connectivity index (χ3v) is 1.35. The van der Waals surface area contributed by atoms with Crippen LogP contribution in [-0.2, 0) is 9.53 Å². The van der Waals surface area contributed by atoms with E-state index in [1.165, 1.54) is 13.1 Å². The van der Waals surface area contributed by atoms with E-state index in [1.807, 2.05) is 0 Å². The minimum absolute atomic E-state index is 0.211. The molecule has 0 spiro atoms. The maximum atomic E-state index is 10.6. The maximum Gasteiger partial charge on any atom is 0.325 e. The first-order valence-electron chi connectivity index (χ1n) is 4.39. The average molecular weight is 214 g/mol. The number of aromatic amines is 2. The molecule has 0 saturated heterocycles. The number of carbonyl (C=O) groups excluding carboxylic acids is 1. The molecule has 0 saturated carbocycles. The molecule has 0 aliphatic carbocycles. The smallest absolute Gasteiger partial charge is 0.325 e. The lowest BCUT2D eigenvalue weighted by Gasteiger charge is -1.89. The summed E-state index contributed by atoms with van der Waals surface area (Å²) in [5, 5.41) is 0. The fraction of sp³-hybridized carbons (Fsp3) is 0.444. The van der Waals surface area contributed by atoms with Crippen LogP contribution in [0.25, 0.3) is 0 Å². The van der Waals surface area contributed by atoms with Gasteiger partial charge in [-0.15, -0.1) is 0 Å². The second kappa shape index (κ2) is 6.58. The van der Waals surface area contributed by atoms with Crippen LogP contribution in [0.5, 0.6) is 0 Å². The Hall–Kier alpha value is -1.85. The number of H-pyrrole nitrogens is 2. The van der Waals surface area contributed by atoms with Crippen molar-refractivity contribution in [3.05, 3.63) is 32.6 Å². The molecule has 1 rings (SSSR count). The van der Waals surface area contributed by atoms with Crippen LogP contribution in [0.2, 0.25) is 0 Å². The molecule has 0 atom stereocenters. The second-order valence-corrected chi connectivity index (χ2v) is 2.68. The Morgan fingerprint density at radius 1 is 1.47 bits per heavy atom. The van der Waals surface area contributed by atoms with Crippen LogP contribution in [0.3, 0.4) is 0 Å². The van der Waals surface area contributed by atoms with Gasteiger partial charge in [0.25, 0.3) is 5.56 Å². The number of rotatable bonds is 1. The second-order valence-electron chi connectivity index (χ2n) is 2.68. The van der Waals surface area contributed by atoms with Gasteiger partial charge in [-0.2, -0.15) is 0 Å². The molecule has 0 aliphatic rings. The number of hydrogen-bond donors (Lipinski definition) is 2. The lowest BCUT2D eigenvalue weighted by molar-refractivity contribution is -0.140. The van der Waals surface area contributed by atoms with Crippen LogP contribution in [0.4, 0.5) is 0 Å². The number of nitrogens with one attached hydrogen (secondary N) is 2. The highest BCUT2D eigenvalue weighted by Crippen LogP contribution is 1.73. The zero-order chi connectivity index (χ0) is 11.8. The van der Waals surface area contributed by atoms with Crippen molar-refractivity contribution in [2.24, 2.45) is 0 Å². The number of aromatic nitrogens is 2. The SMILES string of the molecule is CCOC(C)=O.Cc1c[nH]c(=O)[nH]c1=O. The van der Waals surface area contributed by atoms with E-state index >= 15 is 0 Å². The predicted octanol–water partition coefficient (Wildman–Crippen LogP) is -0.0590. The quantitative estimate of drug-likeness (QED) is 0.640. The van der Waals surface area contributed by atoms with Gasteiger partial charge >= 0.3 is 11.7 Å². The molecule has 0 fully saturated rings. The molecule has 1 aromatic heterocycles. The summed E-state index contributed by atoms with van der Waals surface area (Å²) in [7, 11) is 0. The zero-order valence-corrected chi connectivity index (χ0v) is 8.92. The minimum Gasteiger partial charge on any atom is -0.466 e. The molecule has 0 unspecified atom stereocenters. The van der Waals surface area contributed by atoms with E-state index in [9.17, 15) is 14.4 Å². The highest BCUT2D eigenvalue weighted by Gasteiger charge is 1.88. The van der Waals surface area contributed by atoms with Crippen molar-refractivity contribution in [3.63, 3.8) is 0 Å². The van der Waals surface area contributed by atoms with Gasteiger partial charge in [-0.05, 0) is 13.8 Å². The van der Waals surface area contributed by atoms with Crippen molar-refractivity contribution in [1.29, 1.82) is 0 Å². The van der Waals surface area contributed by atoms with Crippen LogP contribution < -0.4 is 11.2 Å². The summed E-state index contributed by atoms with van der Waals surface area (Å²) in [6.07, 6.45) is 1.38. The van der Waals surface area contributed by atoms with Crippen LogP contribution in [0.15, 0.2) is 15.8 Å². The van der Waals surface area contributed by atoms with E-state index < -0.39 is 5.69 Å². The molecular weight excluding hydrogens is 200 g/mol. The van der Waals surface area contributed by atoms with Crippen molar-refractivity contribution >= 4 is 5.97 Å². The Labute approximate surface area is 86.3 Å². The summed E-state index contributed by atoms with van der Waals surface area (Å²) in [5.41, 5.74) is -0.293. The first-order chi connectivity index (χ1) is 6.97. The first-order valence-corrected chi connectivity index (χ1v) is 4.39. The maximum absolute atomic E-state index is 10.6. The van der Waals surface area contributed by atoms with Gasteiger partial charge < -0.3 is 9.72 Å².